The Bertz CT molecular complexity index is 334. The molecule has 2 bridgehead atoms. The number of carbonyl (C=O) groups excluding carboxylic acids is 1. The van der Waals surface area contributed by atoms with Gasteiger partial charge in [-0.25, -0.2) is 0 Å². The molecule has 3 fully saturated rings. The summed E-state index contributed by atoms with van der Waals surface area (Å²) in [5.41, 5.74) is 6.21. The Kier molecular flexibility index (Phi) is 3.30. The number of fused-ring (bicyclic) bond motifs is 2. The first kappa shape index (κ1) is 12.4. The van der Waals surface area contributed by atoms with Gasteiger partial charge in [-0.3, -0.25) is 4.79 Å². The standard InChI is InChI=1S/C13H22N2O3/c14-12-9-2-1-8(5-9)11(12)13(17)15-3-4-18-10(6-15)7-16/h8-12,16H,1-7,14H2. The van der Waals surface area contributed by atoms with Gasteiger partial charge in [0.25, 0.3) is 0 Å². The quantitative estimate of drug-likeness (QED) is 0.702. The number of amides is 1. The van der Waals surface area contributed by atoms with Crippen LogP contribution in [0.2, 0.25) is 0 Å². The Morgan fingerprint density at radius 1 is 1.39 bits per heavy atom. The second kappa shape index (κ2) is 4.79. The number of hydrogen-bond donors (Lipinski definition) is 2. The molecule has 5 nitrogen and oxygen atoms in total. The van der Waals surface area contributed by atoms with Crippen LogP contribution in [0.4, 0.5) is 0 Å². The van der Waals surface area contributed by atoms with Crippen molar-refractivity contribution in [3.05, 3.63) is 0 Å². The van der Waals surface area contributed by atoms with Crippen LogP contribution >= 0.6 is 0 Å². The van der Waals surface area contributed by atoms with E-state index in [0.29, 0.717) is 31.5 Å². The fourth-order valence-electron chi connectivity index (χ4n) is 3.94. The normalized spacial score (nSPS) is 43.4. The third-order valence-corrected chi connectivity index (χ3v) is 4.92. The molecule has 2 aliphatic carbocycles. The zero-order chi connectivity index (χ0) is 12.7. The van der Waals surface area contributed by atoms with Gasteiger partial charge in [-0.2, -0.15) is 0 Å². The minimum atomic E-state index is -0.225. The molecule has 18 heavy (non-hydrogen) atoms. The predicted octanol–water partition coefficient (Wildman–Crippen LogP) is -0.420. The molecule has 5 unspecified atom stereocenters. The SMILES string of the molecule is NC1C2CCC(C2)C1C(=O)N1CCOC(CO)C1. The molecule has 0 aromatic carbocycles. The molecule has 0 spiro atoms. The zero-order valence-corrected chi connectivity index (χ0v) is 10.6. The number of carbonyl (C=O) groups is 1. The van der Waals surface area contributed by atoms with E-state index in [0.717, 1.165) is 12.8 Å². The molecule has 2 saturated carbocycles. The number of hydrogen-bond acceptors (Lipinski definition) is 4. The summed E-state index contributed by atoms with van der Waals surface area (Å²) in [6.07, 6.45) is 3.25. The molecule has 1 saturated heterocycles. The van der Waals surface area contributed by atoms with Crippen molar-refractivity contribution in [2.75, 3.05) is 26.3 Å². The summed E-state index contributed by atoms with van der Waals surface area (Å²) in [5.74, 6) is 1.25. The summed E-state index contributed by atoms with van der Waals surface area (Å²) in [6.45, 7) is 1.64. The Labute approximate surface area is 107 Å². The van der Waals surface area contributed by atoms with Crippen molar-refractivity contribution in [2.24, 2.45) is 23.5 Å². The van der Waals surface area contributed by atoms with Gasteiger partial charge in [-0.15, -0.1) is 0 Å². The second-order valence-corrected chi connectivity index (χ2v) is 5.90. The molecule has 0 aromatic rings. The number of morpholine rings is 1. The molecule has 1 aliphatic heterocycles. The second-order valence-electron chi connectivity index (χ2n) is 5.90. The lowest BCUT2D eigenvalue weighted by Crippen LogP contribution is -2.53. The minimum Gasteiger partial charge on any atom is -0.394 e. The van der Waals surface area contributed by atoms with Crippen LogP contribution in [0, 0.1) is 17.8 Å². The van der Waals surface area contributed by atoms with Gasteiger partial charge in [0.2, 0.25) is 5.91 Å². The maximum Gasteiger partial charge on any atom is 0.227 e. The van der Waals surface area contributed by atoms with E-state index in [-0.39, 0.29) is 30.6 Å². The van der Waals surface area contributed by atoms with E-state index < -0.39 is 0 Å². The van der Waals surface area contributed by atoms with Gasteiger partial charge in [-0.1, -0.05) is 0 Å². The van der Waals surface area contributed by atoms with Gasteiger partial charge in [0.05, 0.1) is 25.2 Å². The maximum absolute atomic E-state index is 12.6. The highest BCUT2D eigenvalue weighted by atomic mass is 16.5. The number of aliphatic hydroxyl groups is 1. The van der Waals surface area contributed by atoms with Gasteiger partial charge < -0.3 is 20.5 Å². The zero-order valence-electron chi connectivity index (χ0n) is 10.6. The van der Waals surface area contributed by atoms with Gasteiger partial charge in [0.1, 0.15) is 0 Å². The highest BCUT2D eigenvalue weighted by Crippen LogP contribution is 2.48. The van der Waals surface area contributed by atoms with Crippen LogP contribution in [0.1, 0.15) is 19.3 Å². The molecule has 3 aliphatic rings. The van der Waals surface area contributed by atoms with Crippen LogP contribution in [0.25, 0.3) is 0 Å². The van der Waals surface area contributed by atoms with Crippen molar-refractivity contribution in [3.8, 4) is 0 Å². The van der Waals surface area contributed by atoms with Crippen LogP contribution in [0.3, 0.4) is 0 Å². The lowest BCUT2D eigenvalue weighted by atomic mass is 9.84. The van der Waals surface area contributed by atoms with Gasteiger partial charge >= 0.3 is 0 Å². The van der Waals surface area contributed by atoms with Gasteiger partial charge in [0.15, 0.2) is 0 Å². The lowest BCUT2D eigenvalue weighted by Gasteiger charge is -2.37. The Morgan fingerprint density at radius 2 is 2.17 bits per heavy atom. The summed E-state index contributed by atoms with van der Waals surface area (Å²) in [7, 11) is 0. The number of nitrogens with zero attached hydrogens (tertiary/aromatic N) is 1. The number of aliphatic hydroxyl groups excluding tert-OH is 1. The molecule has 1 heterocycles. The number of rotatable bonds is 2. The van der Waals surface area contributed by atoms with E-state index in [9.17, 15) is 4.79 Å². The molecule has 0 radical (unpaired) electrons. The Balaban J connectivity index is 1.67. The number of ether oxygens (including phenoxy) is 1. The highest BCUT2D eigenvalue weighted by molar-refractivity contribution is 5.80. The summed E-state index contributed by atoms with van der Waals surface area (Å²) >= 11 is 0. The van der Waals surface area contributed by atoms with Crippen LogP contribution in [-0.4, -0.2) is 54.4 Å². The van der Waals surface area contributed by atoms with Crippen LogP contribution in [-0.2, 0) is 9.53 Å². The van der Waals surface area contributed by atoms with E-state index in [1.54, 1.807) is 0 Å². The van der Waals surface area contributed by atoms with Crippen molar-refractivity contribution >= 4 is 5.91 Å². The van der Waals surface area contributed by atoms with Crippen molar-refractivity contribution < 1.29 is 14.6 Å². The number of nitrogens with two attached hydrogens (primary N) is 1. The summed E-state index contributed by atoms with van der Waals surface area (Å²) in [5, 5.41) is 9.13. The largest absolute Gasteiger partial charge is 0.394 e. The van der Waals surface area contributed by atoms with Gasteiger partial charge in [0, 0.05) is 19.1 Å². The maximum atomic E-state index is 12.6. The van der Waals surface area contributed by atoms with Crippen LogP contribution in [0.5, 0.6) is 0 Å². The average Bonchev–Trinajstić information content (AvgIpc) is 2.99. The van der Waals surface area contributed by atoms with E-state index in [1.807, 2.05) is 4.90 Å². The monoisotopic (exact) mass is 254 g/mol. The molecule has 5 atom stereocenters. The van der Waals surface area contributed by atoms with Crippen molar-refractivity contribution in [1.82, 2.24) is 4.90 Å². The molecule has 1 amide bonds. The van der Waals surface area contributed by atoms with E-state index in [2.05, 4.69) is 0 Å². The first-order valence-corrected chi connectivity index (χ1v) is 6.97. The molecular formula is C13H22N2O3. The van der Waals surface area contributed by atoms with E-state index in [4.69, 9.17) is 15.6 Å². The van der Waals surface area contributed by atoms with Crippen LogP contribution < -0.4 is 5.73 Å². The van der Waals surface area contributed by atoms with Gasteiger partial charge in [-0.05, 0) is 31.1 Å². The third-order valence-electron chi connectivity index (χ3n) is 4.92. The lowest BCUT2D eigenvalue weighted by molar-refractivity contribution is -0.146. The van der Waals surface area contributed by atoms with E-state index >= 15 is 0 Å². The molecular weight excluding hydrogens is 232 g/mol. The van der Waals surface area contributed by atoms with Crippen molar-refractivity contribution in [1.29, 1.82) is 0 Å². The van der Waals surface area contributed by atoms with E-state index in [1.165, 1.54) is 6.42 Å². The topological polar surface area (TPSA) is 75.8 Å². The van der Waals surface area contributed by atoms with Crippen molar-refractivity contribution in [3.63, 3.8) is 0 Å². The van der Waals surface area contributed by atoms with Crippen molar-refractivity contribution in [2.45, 2.75) is 31.4 Å². The smallest absolute Gasteiger partial charge is 0.227 e. The molecule has 3 rings (SSSR count). The fraction of sp³-hybridized carbons (Fsp3) is 0.923. The van der Waals surface area contributed by atoms with Crippen LogP contribution in [0.15, 0.2) is 0 Å². The highest BCUT2D eigenvalue weighted by Gasteiger charge is 2.50. The molecule has 102 valence electrons. The summed E-state index contributed by atoms with van der Waals surface area (Å²) in [6, 6.07) is 0.0478. The Hall–Kier alpha value is -0.650. The first-order valence-electron chi connectivity index (χ1n) is 6.97. The minimum absolute atomic E-state index is 0.0150. The molecule has 3 N–H and O–H groups in total. The third kappa shape index (κ3) is 1.94. The first-order chi connectivity index (χ1) is 8.70. The molecule has 0 aromatic heterocycles. The Morgan fingerprint density at radius 3 is 2.83 bits per heavy atom. The fourth-order valence-corrected chi connectivity index (χ4v) is 3.94. The summed E-state index contributed by atoms with van der Waals surface area (Å²) in [4.78, 5) is 14.4. The average molecular weight is 254 g/mol. The predicted molar refractivity (Wildman–Crippen MR) is 65.7 cm³/mol. The molecule has 5 heteroatoms. The summed E-state index contributed by atoms with van der Waals surface area (Å²) < 4.78 is 5.38.